The molecular formula is C14H21N3O4S. The van der Waals surface area contributed by atoms with Crippen LogP contribution < -0.4 is 15.4 Å². The Morgan fingerprint density at radius 2 is 2.09 bits per heavy atom. The minimum atomic E-state index is -3.48. The fourth-order valence-corrected chi connectivity index (χ4v) is 3.13. The highest BCUT2D eigenvalue weighted by Gasteiger charge is 2.21. The summed E-state index contributed by atoms with van der Waals surface area (Å²) in [6.07, 6.45) is 0.726. The predicted octanol–water partition coefficient (Wildman–Crippen LogP) is 0.302. The van der Waals surface area contributed by atoms with E-state index in [1.54, 1.807) is 12.1 Å². The van der Waals surface area contributed by atoms with E-state index < -0.39 is 10.0 Å². The number of hydrogen-bond donors (Lipinski definition) is 3. The molecule has 1 atom stereocenters. The molecule has 1 fully saturated rings. The normalized spacial score (nSPS) is 18.9. The van der Waals surface area contributed by atoms with Crippen LogP contribution in [0, 0.1) is 0 Å². The maximum Gasteiger partial charge on any atom is 0.243 e. The lowest BCUT2D eigenvalue weighted by molar-refractivity contribution is -0.120. The molecular weight excluding hydrogens is 306 g/mol. The van der Waals surface area contributed by atoms with E-state index in [1.807, 2.05) is 6.92 Å². The van der Waals surface area contributed by atoms with Crippen LogP contribution in [0.3, 0.4) is 0 Å². The molecule has 3 N–H and O–H groups in total. The summed E-state index contributed by atoms with van der Waals surface area (Å²) in [4.78, 5) is 12.2. The van der Waals surface area contributed by atoms with Gasteiger partial charge in [-0.15, -0.1) is 0 Å². The summed E-state index contributed by atoms with van der Waals surface area (Å²) in [5.41, 5.74) is 0.548. The first-order valence-corrected chi connectivity index (χ1v) is 8.73. The standard InChI is InChI=1S/C14H21N3O4S/c1-2-7-16-22(19,20)12-5-3-11(4-6-12)17-14(18)13-10-21-9-8-15-13/h3-6,13,15-16H,2,7-10H2,1H3,(H,17,18). The second-order valence-electron chi connectivity index (χ2n) is 4.99. The van der Waals surface area contributed by atoms with Crippen molar-refractivity contribution in [2.45, 2.75) is 24.3 Å². The van der Waals surface area contributed by atoms with E-state index in [0.29, 0.717) is 32.0 Å². The van der Waals surface area contributed by atoms with Gasteiger partial charge in [0.15, 0.2) is 0 Å². The molecule has 8 heteroatoms. The third-order valence-electron chi connectivity index (χ3n) is 3.21. The number of carbonyl (C=O) groups is 1. The van der Waals surface area contributed by atoms with Crippen molar-refractivity contribution in [2.24, 2.45) is 0 Å². The highest BCUT2D eigenvalue weighted by atomic mass is 32.2. The van der Waals surface area contributed by atoms with Crippen LogP contribution in [-0.2, 0) is 19.6 Å². The summed E-state index contributed by atoms with van der Waals surface area (Å²) in [6.45, 7) is 3.86. The van der Waals surface area contributed by atoms with Crippen molar-refractivity contribution in [3.8, 4) is 0 Å². The molecule has 1 aliphatic heterocycles. The molecule has 0 aromatic heterocycles. The van der Waals surface area contributed by atoms with Crippen molar-refractivity contribution in [1.29, 1.82) is 0 Å². The molecule has 122 valence electrons. The van der Waals surface area contributed by atoms with Gasteiger partial charge in [-0.1, -0.05) is 6.92 Å². The second kappa shape index (κ2) is 7.68. The number of benzene rings is 1. The van der Waals surface area contributed by atoms with Crippen molar-refractivity contribution in [1.82, 2.24) is 10.0 Å². The van der Waals surface area contributed by atoms with E-state index in [1.165, 1.54) is 12.1 Å². The van der Waals surface area contributed by atoms with Crippen LogP contribution in [0.1, 0.15) is 13.3 Å². The van der Waals surface area contributed by atoms with Crippen molar-refractivity contribution < 1.29 is 17.9 Å². The molecule has 0 saturated carbocycles. The van der Waals surface area contributed by atoms with Crippen LogP contribution in [0.25, 0.3) is 0 Å². The smallest absolute Gasteiger partial charge is 0.243 e. The van der Waals surface area contributed by atoms with Gasteiger partial charge < -0.3 is 15.4 Å². The molecule has 7 nitrogen and oxygen atoms in total. The topological polar surface area (TPSA) is 96.5 Å². The second-order valence-corrected chi connectivity index (χ2v) is 6.76. The maximum atomic E-state index is 12.0. The Morgan fingerprint density at radius 3 is 2.68 bits per heavy atom. The molecule has 1 saturated heterocycles. The predicted molar refractivity (Wildman–Crippen MR) is 83.2 cm³/mol. The summed E-state index contributed by atoms with van der Waals surface area (Å²) >= 11 is 0. The van der Waals surface area contributed by atoms with Crippen LogP contribution >= 0.6 is 0 Å². The lowest BCUT2D eigenvalue weighted by atomic mass is 10.2. The Kier molecular flexibility index (Phi) is 5.90. The average Bonchev–Trinajstić information content (AvgIpc) is 2.54. The van der Waals surface area contributed by atoms with Crippen LogP contribution in [0.5, 0.6) is 0 Å². The highest BCUT2D eigenvalue weighted by molar-refractivity contribution is 7.89. The van der Waals surface area contributed by atoms with Gasteiger partial charge in [-0.2, -0.15) is 0 Å². The monoisotopic (exact) mass is 327 g/mol. The van der Waals surface area contributed by atoms with Crippen LogP contribution in [-0.4, -0.2) is 46.7 Å². The van der Waals surface area contributed by atoms with Gasteiger partial charge in [0.25, 0.3) is 0 Å². The van der Waals surface area contributed by atoms with Gasteiger partial charge in [0.2, 0.25) is 15.9 Å². The Morgan fingerprint density at radius 1 is 1.36 bits per heavy atom. The fourth-order valence-electron chi connectivity index (χ4n) is 2.00. The van der Waals surface area contributed by atoms with Gasteiger partial charge in [-0.3, -0.25) is 4.79 Å². The van der Waals surface area contributed by atoms with Gasteiger partial charge >= 0.3 is 0 Å². The molecule has 1 amide bonds. The summed E-state index contributed by atoms with van der Waals surface area (Å²) in [6, 6.07) is 5.70. The van der Waals surface area contributed by atoms with E-state index in [-0.39, 0.29) is 16.8 Å². The van der Waals surface area contributed by atoms with Gasteiger partial charge in [-0.25, -0.2) is 13.1 Å². The largest absolute Gasteiger partial charge is 0.378 e. The molecule has 0 spiro atoms. The van der Waals surface area contributed by atoms with E-state index in [9.17, 15) is 13.2 Å². The van der Waals surface area contributed by atoms with Gasteiger partial charge in [0.05, 0.1) is 18.1 Å². The minimum absolute atomic E-state index is 0.179. The highest BCUT2D eigenvalue weighted by Crippen LogP contribution is 2.14. The van der Waals surface area contributed by atoms with E-state index >= 15 is 0 Å². The maximum absolute atomic E-state index is 12.0. The Balaban J connectivity index is 1.98. The lowest BCUT2D eigenvalue weighted by Gasteiger charge is -2.22. The number of amides is 1. The number of sulfonamides is 1. The third kappa shape index (κ3) is 4.51. The number of carbonyl (C=O) groups excluding carboxylic acids is 1. The third-order valence-corrected chi connectivity index (χ3v) is 4.69. The first-order valence-electron chi connectivity index (χ1n) is 7.24. The molecule has 0 bridgehead atoms. The zero-order valence-corrected chi connectivity index (χ0v) is 13.3. The Hall–Kier alpha value is -1.48. The van der Waals surface area contributed by atoms with Gasteiger partial charge in [0, 0.05) is 18.8 Å². The van der Waals surface area contributed by atoms with Crippen molar-refractivity contribution in [2.75, 3.05) is 31.6 Å². The first-order chi connectivity index (χ1) is 10.5. The molecule has 2 rings (SSSR count). The van der Waals surface area contributed by atoms with Gasteiger partial charge in [0.1, 0.15) is 6.04 Å². The first kappa shape index (κ1) is 16.9. The van der Waals surface area contributed by atoms with E-state index in [4.69, 9.17) is 4.74 Å². The SMILES string of the molecule is CCCNS(=O)(=O)c1ccc(NC(=O)C2COCCN2)cc1. The van der Waals surface area contributed by atoms with Crippen molar-refractivity contribution in [3.05, 3.63) is 24.3 Å². The number of rotatable bonds is 6. The fraction of sp³-hybridized carbons (Fsp3) is 0.500. The average molecular weight is 327 g/mol. The molecule has 1 unspecified atom stereocenters. The zero-order valence-electron chi connectivity index (χ0n) is 12.5. The summed E-state index contributed by atoms with van der Waals surface area (Å²) < 4.78 is 31.6. The zero-order chi connectivity index (χ0) is 16.0. The van der Waals surface area contributed by atoms with E-state index in [2.05, 4.69) is 15.4 Å². The molecule has 0 aliphatic carbocycles. The molecule has 0 radical (unpaired) electrons. The van der Waals surface area contributed by atoms with Crippen LogP contribution in [0.4, 0.5) is 5.69 Å². The van der Waals surface area contributed by atoms with E-state index in [0.717, 1.165) is 6.42 Å². The molecule has 22 heavy (non-hydrogen) atoms. The summed E-state index contributed by atoms with van der Waals surface area (Å²) in [5.74, 6) is -0.195. The Bertz CT molecular complexity index is 595. The van der Waals surface area contributed by atoms with Gasteiger partial charge in [-0.05, 0) is 30.7 Å². The number of hydrogen-bond acceptors (Lipinski definition) is 5. The molecule has 1 heterocycles. The molecule has 1 aliphatic rings. The Labute approximate surface area is 130 Å². The van der Waals surface area contributed by atoms with Crippen LogP contribution in [0.2, 0.25) is 0 Å². The van der Waals surface area contributed by atoms with Crippen molar-refractivity contribution in [3.63, 3.8) is 0 Å². The molecule has 1 aromatic rings. The van der Waals surface area contributed by atoms with Crippen LogP contribution in [0.15, 0.2) is 29.2 Å². The number of ether oxygens (including phenoxy) is 1. The van der Waals surface area contributed by atoms with Crippen molar-refractivity contribution >= 4 is 21.6 Å². The number of anilines is 1. The number of nitrogens with one attached hydrogen (secondary N) is 3. The quantitative estimate of drug-likeness (QED) is 0.698. The lowest BCUT2D eigenvalue weighted by Crippen LogP contribution is -2.48. The summed E-state index contributed by atoms with van der Waals surface area (Å²) in [5, 5.41) is 5.79. The number of morpholine rings is 1. The molecule has 1 aromatic carbocycles. The minimum Gasteiger partial charge on any atom is -0.378 e. The summed E-state index contributed by atoms with van der Waals surface area (Å²) in [7, 11) is -3.48.